The second kappa shape index (κ2) is 9.61. The molecule has 0 bridgehead atoms. The zero-order chi connectivity index (χ0) is 20.8. The van der Waals surface area contributed by atoms with Crippen molar-refractivity contribution in [3.63, 3.8) is 0 Å². The lowest BCUT2D eigenvalue weighted by molar-refractivity contribution is -0.113. The van der Waals surface area contributed by atoms with Crippen molar-refractivity contribution >= 4 is 35.0 Å². The summed E-state index contributed by atoms with van der Waals surface area (Å²) in [6, 6.07) is 25.4. The molecule has 1 amide bonds. The Hall–Kier alpha value is -3.09. The third kappa shape index (κ3) is 5.28. The first kappa shape index (κ1) is 20.2. The molecule has 0 spiro atoms. The fraction of sp³-hybridized carbons (Fsp3) is 0.0870. The molecule has 0 atom stereocenters. The number of aromatic amines is 1. The number of rotatable bonds is 7. The summed E-state index contributed by atoms with van der Waals surface area (Å²) in [5.41, 5.74) is 3.98. The number of H-pyrrole nitrogens is 1. The van der Waals surface area contributed by atoms with Crippen LogP contribution in [-0.4, -0.2) is 26.8 Å². The fourth-order valence-electron chi connectivity index (χ4n) is 2.98. The van der Waals surface area contributed by atoms with E-state index in [0.29, 0.717) is 16.0 Å². The molecule has 0 unspecified atom stereocenters. The number of halogens is 1. The van der Waals surface area contributed by atoms with Crippen molar-refractivity contribution in [1.82, 2.24) is 15.2 Å². The van der Waals surface area contributed by atoms with Gasteiger partial charge < -0.3 is 5.32 Å². The Bertz CT molecular complexity index is 1130. The number of carbonyl (C=O) groups excluding carboxylic acids is 1. The molecule has 0 fully saturated rings. The number of benzene rings is 3. The quantitative estimate of drug-likeness (QED) is 0.379. The number of anilines is 1. The maximum absolute atomic E-state index is 12.5. The van der Waals surface area contributed by atoms with Crippen LogP contribution in [0.3, 0.4) is 0 Å². The van der Waals surface area contributed by atoms with E-state index in [4.69, 9.17) is 11.6 Å². The summed E-state index contributed by atoms with van der Waals surface area (Å²) in [5, 5.41) is 11.3. The molecule has 1 aromatic heterocycles. The number of hydrogen-bond acceptors (Lipinski definition) is 4. The molecule has 30 heavy (non-hydrogen) atoms. The highest BCUT2D eigenvalue weighted by Gasteiger charge is 2.11. The maximum atomic E-state index is 12.5. The second-order valence-corrected chi connectivity index (χ2v) is 8.01. The lowest BCUT2D eigenvalue weighted by Gasteiger charge is -2.11. The second-order valence-electron chi connectivity index (χ2n) is 6.63. The summed E-state index contributed by atoms with van der Waals surface area (Å²) in [6.45, 7) is 0. The highest BCUT2D eigenvalue weighted by molar-refractivity contribution is 7.99. The van der Waals surface area contributed by atoms with E-state index in [-0.39, 0.29) is 11.7 Å². The third-order valence-corrected chi connectivity index (χ3v) is 5.54. The van der Waals surface area contributed by atoms with Crippen molar-refractivity contribution in [3.8, 4) is 11.4 Å². The van der Waals surface area contributed by atoms with Gasteiger partial charge in [0.1, 0.15) is 0 Å². The molecule has 0 saturated carbocycles. The Balaban J connectivity index is 1.36. The van der Waals surface area contributed by atoms with Gasteiger partial charge in [0.15, 0.2) is 5.82 Å². The minimum atomic E-state index is -0.0987. The van der Waals surface area contributed by atoms with E-state index >= 15 is 0 Å². The number of nitrogens with one attached hydrogen (secondary N) is 2. The van der Waals surface area contributed by atoms with Crippen molar-refractivity contribution in [2.45, 2.75) is 11.6 Å². The topological polar surface area (TPSA) is 70.7 Å². The van der Waals surface area contributed by atoms with E-state index < -0.39 is 0 Å². The van der Waals surface area contributed by atoms with Crippen LogP contribution < -0.4 is 5.32 Å². The monoisotopic (exact) mass is 434 g/mol. The van der Waals surface area contributed by atoms with Gasteiger partial charge in [-0.05, 0) is 47.9 Å². The predicted molar refractivity (Wildman–Crippen MR) is 122 cm³/mol. The number of para-hydroxylation sites is 1. The Kier molecular flexibility index (Phi) is 6.47. The molecule has 0 saturated heterocycles. The van der Waals surface area contributed by atoms with E-state index in [2.05, 4.69) is 32.6 Å². The van der Waals surface area contributed by atoms with Gasteiger partial charge in [-0.3, -0.25) is 9.89 Å². The minimum absolute atomic E-state index is 0.0987. The van der Waals surface area contributed by atoms with E-state index in [1.165, 1.54) is 17.3 Å². The SMILES string of the molecule is O=C(CSc1n[nH]c(-c2ccc(Cl)cc2)n1)Nc1ccccc1Cc1ccccc1. The zero-order valence-electron chi connectivity index (χ0n) is 16.0. The van der Waals surface area contributed by atoms with Gasteiger partial charge >= 0.3 is 0 Å². The van der Waals surface area contributed by atoms with E-state index in [0.717, 1.165) is 23.2 Å². The Morgan fingerprint density at radius 3 is 2.50 bits per heavy atom. The molecule has 5 nitrogen and oxygen atoms in total. The van der Waals surface area contributed by atoms with Gasteiger partial charge in [-0.2, -0.15) is 0 Å². The van der Waals surface area contributed by atoms with Gasteiger partial charge in [-0.1, -0.05) is 71.9 Å². The van der Waals surface area contributed by atoms with Gasteiger partial charge in [-0.15, -0.1) is 5.10 Å². The molecular weight excluding hydrogens is 416 g/mol. The normalized spacial score (nSPS) is 10.7. The van der Waals surface area contributed by atoms with Crippen molar-refractivity contribution in [2.24, 2.45) is 0 Å². The molecule has 1 heterocycles. The number of nitrogens with zero attached hydrogens (tertiary/aromatic N) is 2. The predicted octanol–water partition coefficient (Wildman–Crippen LogP) is 5.45. The summed E-state index contributed by atoms with van der Waals surface area (Å²) in [7, 11) is 0. The molecule has 0 aliphatic rings. The molecule has 0 aliphatic heterocycles. The van der Waals surface area contributed by atoms with Crippen LogP contribution in [0.4, 0.5) is 5.69 Å². The average Bonchev–Trinajstić information content (AvgIpc) is 3.24. The molecule has 4 rings (SSSR count). The smallest absolute Gasteiger partial charge is 0.234 e. The lowest BCUT2D eigenvalue weighted by Crippen LogP contribution is -2.15. The van der Waals surface area contributed by atoms with E-state index in [1.807, 2.05) is 54.6 Å². The van der Waals surface area contributed by atoms with E-state index in [1.54, 1.807) is 12.1 Å². The Morgan fingerprint density at radius 1 is 0.967 bits per heavy atom. The van der Waals surface area contributed by atoms with Crippen LogP contribution in [0.2, 0.25) is 5.02 Å². The lowest BCUT2D eigenvalue weighted by atomic mass is 10.0. The molecule has 2 N–H and O–H groups in total. The van der Waals surface area contributed by atoms with Crippen LogP contribution in [-0.2, 0) is 11.2 Å². The highest BCUT2D eigenvalue weighted by Crippen LogP contribution is 2.22. The largest absolute Gasteiger partial charge is 0.325 e. The highest BCUT2D eigenvalue weighted by atomic mass is 35.5. The van der Waals surface area contributed by atoms with Crippen molar-refractivity contribution < 1.29 is 4.79 Å². The van der Waals surface area contributed by atoms with Gasteiger partial charge in [0.2, 0.25) is 11.1 Å². The van der Waals surface area contributed by atoms with Gasteiger partial charge in [0.25, 0.3) is 0 Å². The van der Waals surface area contributed by atoms with Crippen LogP contribution in [0, 0.1) is 0 Å². The summed E-state index contributed by atoms with van der Waals surface area (Å²) >= 11 is 7.20. The standard InChI is InChI=1S/C23H19ClN4OS/c24-19-12-10-17(11-13-19)22-26-23(28-27-22)30-15-21(29)25-20-9-5-4-8-18(20)14-16-6-2-1-3-7-16/h1-13H,14-15H2,(H,25,29)(H,26,27,28). The van der Waals surface area contributed by atoms with Crippen molar-refractivity contribution in [3.05, 3.63) is 95.0 Å². The first-order chi connectivity index (χ1) is 14.7. The number of aromatic nitrogens is 3. The van der Waals surface area contributed by atoms with Crippen molar-refractivity contribution in [1.29, 1.82) is 0 Å². The average molecular weight is 435 g/mol. The number of thioether (sulfide) groups is 1. The van der Waals surface area contributed by atoms with Gasteiger partial charge in [0, 0.05) is 16.3 Å². The molecule has 4 aromatic rings. The molecule has 0 aliphatic carbocycles. The van der Waals surface area contributed by atoms with Crippen molar-refractivity contribution in [2.75, 3.05) is 11.1 Å². The summed E-state index contributed by atoms with van der Waals surface area (Å²) < 4.78 is 0. The maximum Gasteiger partial charge on any atom is 0.234 e. The zero-order valence-corrected chi connectivity index (χ0v) is 17.6. The molecular formula is C23H19ClN4OS. The van der Waals surface area contributed by atoms with Gasteiger partial charge in [0.05, 0.1) is 5.75 Å². The molecule has 3 aromatic carbocycles. The van der Waals surface area contributed by atoms with Crippen LogP contribution in [0.1, 0.15) is 11.1 Å². The molecule has 7 heteroatoms. The molecule has 150 valence electrons. The van der Waals surface area contributed by atoms with Crippen LogP contribution in [0.5, 0.6) is 0 Å². The summed E-state index contributed by atoms with van der Waals surface area (Å²) in [5.74, 6) is 0.763. The Morgan fingerprint density at radius 2 is 1.70 bits per heavy atom. The minimum Gasteiger partial charge on any atom is -0.325 e. The first-order valence-electron chi connectivity index (χ1n) is 9.40. The van der Waals surface area contributed by atoms with E-state index in [9.17, 15) is 4.79 Å². The van der Waals surface area contributed by atoms with Gasteiger partial charge in [-0.25, -0.2) is 4.98 Å². The third-order valence-electron chi connectivity index (χ3n) is 4.44. The van der Waals surface area contributed by atoms with Crippen LogP contribution >= 0.6 is 23.4 Å². The van der Waals surface area contributed by atoms with Crippen LogP contribution in [0.15, 0.2) is 84.0 Å². The number of amides is 1. The Labute approximate surface area is 183 Å². The summed E-state index contributed by atoms with van der Waals surface area (Å²) in [6.07, 6.45) is 0.760. The van der Waals surface area contributed by atoms with Crippen LogP contribution in [0.25, 0.3) is 11.4 Å². The number of hydrogen-bond donors (Lipinski definition) is 2. The fourth-order valence-corrected chi connectivity index (χ4v) is 3.70. The number of carbonyl (C=O) groups is 1. The summed E-state index contributed by atoms with van der Waals surface area (Å²) in [4.78, 5) is 16.9. The first-order valence-corrected chi connectivity index (χ1v) is 10.8. The molecule has 0 radical (unpaired) electrons.